The van der Waals surface area contributed by atoms with Crippen LogP contribution in [0.3, 0.4) is 0 Å². The lowest BCUT2D eigenvalue weighted by Gasteiger charge is -2.36. The van der Waals surface area contributed by atoms with Gasteiger partial charge in [-0.25, -0.2) is 14.4 Å². The first-order valence-corrected chi connectivity index (χ1v) is 10.3. The number of nitrogens with one attached hydrogen (secondary N) is 2. The Kier molecular flexibility index (Phi) is 5.44. The van der Waals surface area contributed by atoms with Gasteiger partial charge in [-0.3, -0.25) is 14.5 Å². The molecule has 3 heterocycles. The Morgan fingerprint density at radius 3 is 2.68 bits per heavy atom. The van der Waals surface area contributed by atoms with E-state index < -0.39 is 41.6 Å². The Morgan fingerprint density at radius 2 is 2.03 bits per heavy atom. The number of fused-ring (bicyclic) bond motifs is 1. The lowest BCUT2D eigenvalue weighted by Crippen LogP contribution is -2.46. The minimum atomic E-state index is -4.96. The van der Waals surface area contributed by atoms with Gasteiger partial charge in [0.15, 0.2) is 5.82 Å². The number of anilines is 1. The summed E-state index contributed by atoms with van der Waals surface area (Å²) in [7, 11) is 0. The van der Waals surface area contributed by atoms with E-state index in [0.717, 1.165) is 0 Å². The molecule has 4 rings (SSSR count). The zero-order valence-corrected chi connectivity index (χ0v) is 18.1. The van der Waals surface area contributed by atoms with Gasteiger partial charge >= 0.3 is 6.18 Å². The first-order valence-electron chi connectivity index (χ1n) is 11.5. The second-order valence-electron chi connectivity index (χ2n) is 7.58. The molecule has 0 bridgehead atoms. The van der Waals surface area contributed by atoms with Gasteiger partial charge in [0.05, 0.1) is 22.4 Å². The first-order chi connectivity index (χ1) is 17.2. The summed E-state index contributed by atoms with van der Waals surface area (Å²) < 4.78 is 75.1. The largest absolute Gasteiger partial charge is 0.438 e. The van der Waals surface area contributed by atoms with Gasteiger partial charge in [0.1, 0.15) is 11.2 Å². The van der Waals surface area contributed by atoms with Gasteiger partial charge in [0.25, 0.3) is 11.5 Å². The van der Waals surface area contributed by atoms with Crippen molar-refractivity contribution in [1.29, 1.82) is 0 Å². The lowest BCUT2D eigenvalue weighted by atomic mass is 10.1. The number of carbonyl (C=O) groups excluding carboxylic acids is 1. The normalized spacial score (nSPS) is 16.7. The average molecular weight is 502 g/mol. The molecule has 1 aliphatic rings. The van der Waals surface area contributed by atoms with Crippen molar-refractivity contribution in [1.82, 2.24) is 25.2 Å². The fourth-order valence-corrected chi connectivity index (χ4v) is 3.98. The standard InChI is InChI=1S/C21H19ClF4N6O2/c1-27-19(33)14-8-12(22)15(9-28-14)32-6-4-31(5-7-32)10-11-2-3-13-17(16(11)23)30-20(34)18(29-13)21(24,25)26/h2-3,8-9H,4-7,10H2,1H3,(H,27,33)(H,30,34)/i1D3. The summed E-state index contributed by atoms with van der Waals surface area (Å²) in [6, 6.07) is 3.83. The summed E-state index contributed by atoms with van der Waals surface area (Å²) in [6.07, 6.45) is -3.59. The quantitative estimate of drug-likeness (QED) is 0.534. The number of piperazine rings is 1. The van der Waals surface area contributed by atoms with E-state index >= 15 is 4.39 Å². The monoisotopic (exact) mass is 501 g/mol. The summed E-state index contributed by atoms with van der Waals surface area (Å²) in [5.41, 5.74) is -3.29. The molecule has 1 aliphatic heterocycles. The molecule has 34 heavy (non-hydrogen) atoms. The van der Waals surface area contributed by atoms with E-state index in [4.69, 9.17) is 15.7 Å². The first kappa shape index (κ1) is 20.2. The fraction of sp³-hybridized carbons (Fsp3) is 0.333. The smallest absolute Gasteiger partial charge is 0.367 e. The van der Waals surface area contributed by atoms with E-state index in [1.807, 2.05) is 20.1 Å². The SMILES string of the molecule is [2H]C([2H])([2H])NC(=O)c1cc(Cl)c(N2CCN(Cc3ccc4nc(C(F)(F)F)c(=O)[nH]c4c3F)CC2)cn1. The number of benzene rings is 1. The number of nitrogens with zero attached hydrogens (tertiary/aromatic N) is 4. The summed E-state index contributed by atoms with van der Waals surface area (Å²) in [6.45, 7) is -0.662. The maximum absolute atomic E-state index is 15.0. The number of rotatable bonds is 4. The van der Waals surface area contributed by atoms with Crippen molar-refractivity contribution in [3.8, 4) is 0 Å². The number of carbonyl (C=O) groups is 1. The van der Waals surface area contributed by atoms with E-state index in [2.05, 4.69) is 9.97 Å². The van der Waals surface area contributed by atoms with Crippen LogP contribution in [0.1, 0.15) is 25.9 Å². The Morgan fingerprint density at radius 1 is 1.29 bits per heavy atom. The zero-order valence-electron chi connectivity index (χ0n) is 20.3. The minimum absolute atomic E-state index is 0.138. The van der Waals surface area contributed by atoms with E-state index in [9.17, 15) is 22.8 Å². The Balaban J connectivity index is 1.43. The molecule has 0 aliphatic carbocycles. The number of aromatic amines is 1. The molecule has 0 spiro atoms. The molecule has 3 aromatic rings. The Bertz CT molecular complexity index is 1410. The molecule has 13 heteroatoms. The van der Waals surface area contributed by atoms with Gasteiger partial charge in [-0.1, -0.05) is 17.7 Å². The number of hydrogen-bond acceptors (Lipinski definition) is 6. The van der Waals surface area contributed by atoms with Gasteiger partial charge in [-0.2, -0.15) is 13.2 Å². The maximum Gasteiger partial charge on any atom is 0.438 e. The average Bonchev–Trinajstić information content (AvgIpc) is 2.80. The third-order valence-corrected chi connectivity index (χ3v) is 5.74. The van der Waals surface area contributed by atoms with Crippen molar-refractivity contribution in [2.75, 3.05) is 38.1 Å². The summed E-state index contributed by atoms with van der Waals surface area (Å²) in [4.78, 5) is 36.8. The molecular weight excluding hydrogens is 480 g/mol. The van der Waals surface area contributed by atoms with E-state index in [1.165, 1.54) is 24.4 Å². The number of pyridine rings is 1. The van der Waals surface area contributed by atoms with Crippen LogP contribution in [-0.4, -0.2) is 58.9 Å². The zero-order chi connectivity index (χ0) is 27.1. The van der Waals surface area contributed by atoms with Crippen LogP contribution in [0.4, 0.5) is 23.2 Å². The van der Waals surface area contributed by atoms with E-state index in [1.54, 1.807) is 0 Å². The molecule has 0 atom stereocenters. The lowest BCUT2D eigenvalue weighted by molar-refractivity contribution is -0.142. The minimum Gasteiger partial charge on any atom is -0.367 e. The Labute approximate surface area is 199 Å². The fourth-order valence-electron chi connectivity index (χ4n) is 3.71. The van der Waals surface area contributed by atoms with Gasteiger partial charge in [-0.05, 0) is 12.1 Å². The highest BCUT2D eigenvalue weighted by Gasteiger charge is 2.36. The van der Waals surface area contributed by atoms with Gasteiger partial charge in [0.2, 0.25) is 5.69 Å². The van der Waals surface area contributed by atoms with E-state index in [-0.39, 0.29) is 28.3 Å². The number of halogens is 5. The molecule has 0 saturated carbocycles. The third kappa shape index (κ3) is 4.68. The van der Waals surface area contributed by atoms with Crippen LogP contribution >= 0.6 is 11.6 Å². The second-order valence-corrected chi connectivity index (χ2v) is 7.99. The molecule has 0 radical (unpaired) electrons. The highest BCUT2D eigenvalue weighted by Crippen LogP contribution is 2.28. The van der Waals surface area contributed by atoms with Crippen LogP contribution in [0.5, 0.6) is 0 Å². The topological polar surface area (TPSA) is 94.2 Å². The van der Waals surface area contributed by atoms with Gasteiger partial charge in [-0.15, -0.1) is 0 Å². The van der Waals surface area contributed by atoms with Crippen molar-refractivity contribution in [2.45, 2.75) is 12.7 Å². The highest BCUT2D eigenvalue weighted by atomic mass is 35.5. The maximum atomic E-state index is 15.0. The molecule has 180 valence electrons. The van der Waals surface area contributed by atoms with Crippen LogP contribution in [0.2, 0.25) is 5.02 Å². The highest BCUT2D eigenvalue weighted by molar-refractivity contribution is 6.33. The molecular formula is C21H19ClF4N6O2. The van der Waals surface area contributed by atoms with Gasteiger partial charge in [0, 0.05) is 49.4 Å². The number of aromatic nitrogens is 3. The van der Waals surface area contributed by atoms with Crippen molar-refractivity contribution in [2.24, 2.45) is 0 Å². The third-order valence-electron chi connectivity index (χ3n) is 5.44. The number of H-pyrrole nitrogens is 1. The summed E-state index contributed by atoms with van der Waals surface area (Å²) in [5.74, 6) is -1.74. The molecule has 1 aromatic carbocycles. The molecule has 0 unspecified atom stereocenters. The van der Waals surface area contributed by atoms with Crippen LogP contribution in [0, 0.1) is 5.82 Å². The second kappa shape index (κ2) is 9.18. The molecule has 1 saturated heterocycles. The molecule has 8 nitrogen and oxygen atoms in total. The number of amides is 1. The Hall–Kier alpha value is -3.25. The summed E-state index contributed by atoms with van der Waals surface area (Å²) in [5, 5.41) is 2.04. The molecule has 1 fully saturated rings. The van der Waals surface area contributed by atoms with Gasteiger partial charge < -0.3 is 15.2 Å². The summed E-state index contributed by atoms with van der Waals surface area (Å²) >= 11 is 6.30. The predicted molar refractivity (Wildman–Crippen MR) is 117 cm³/mol. The van der Waals surface area contributed by atoms with Crippen LogP contribution < -0.4 is 15.8 Å². The molecule has 2 N–H and O–H groups in total. The van der Waals surface area contributed by atoms with Crippen molar-refractivity contribution in [3.05, 3.63) is 62.5 Å². The van der Waals surface area contributed by atoms with Crippen LogP contribution in [-0.2, 0) is 12.7 Å². The molecule has 2 aromatic heterocycles. The van der Waals surface area contributed by atoms with E-state index in [0.29, 0.717) is 31.9 Å². The number of hydrogen-bond donors (Lipinski definition) is 2. The predicted octanol–water partition coefficient (Wildman–Crippen LogP) is 2.81. The van der Waals surface area contributed by atoms with Crippen LogP contribution in [0.25, 0.3) is 11.0 Å². The number of alkyl halides is 3. The van der Waals surface area contributed by atoms with Crippen molar-refractivity contribution < 1.29 is 26.5 Å². The van der Waals surface area contributed by atoms with Crippen LogP contribution in [0.15, 0.2) is 29.2 Å². The molecule has 1 amide bonds. The van der Waals surface area contributed by atoms with Crippen molar-refractivity contribution in [3.63, 3.8) is 0 Å². The van der Waals surface area contributed by atoms with Crippen molar-refractivity contribution >= 4 is 34.2 Å².